The predicted octanol–water partition coefficient (Wildman–Crippen LogP) is 4.53. The van der Waals surface area contributed by atoms with E-state index in [0.717, 1.165) is 22.3 Å². The summed E-state index contributed by atoms with van der Waals surface area (Å²) in [5.74, 6) is 0.142. The van der Waals surface area contributed by atoms with Crippen LogP contribution in [0.1, 0.15) is 35.7 Å². The third kappa shape index (κ3) is 3.69. The smallest absolute Gasteiger partial charge is 0.252 e. The van der Waals surface area contributed by atoms with Crippen molar-refractivity contribution in [2.24, 2.45) is 0 Å². The second-order valence-corrected chi connectivity index (χ2v) is 7.89. The Morgan fingerprint density at radius 1 is 0.645 bits per heavy atom. The molecule has 0 saturated heterocycles. The summed E-state index contributed by atoms with van der Waals surface area (Å²) < 4.78 is 5.77. The first-order valence-electron chi connectivity index (χ1n) is 10.2. The van der Waals surface area contributed by atoms with Crippen molar-refractivity contribution in [3.63, 3.8) is 0 Å². The lowest BCUT2D eigenvalue weighted by Gasteiger charge is -2.24. The first-order valence-corrected chi connectivity index (χ1v) is 10.2. The molecule has 0 bridgehead atoms. The Hall–Kier alpha value is -3.54. The van der Waals surface area contributed by atoms with Crippen LogP contribution < -0.4 is 0 Å². The molecule has 0 aliphatic heterocycles. The highest BCUT2D eigenvalue weighted by atomic mass is 16.4. The molecular weight excluding hydrogens is 388 g/mol. The zero-order valence-electron chi connectivity index (χ0n) is 16.8. The molecule has 0 saturated carbocycles. The van der Waals surface area contributed by atoms with Crippen LogP contribution >= 0.6 is 0 Å². The minimum Gasteiger partial charge on any atom is -0.418 e. The zero-order chi connectivity index (χ0) is 21.3. The van der Waals surface area contributed by atoms with Gasteiger partial charge >= 0.3 is 0 Å². The van der Waals surface area contributed by atoms with Gasteiger partial charge in [0.15, 0.2) is 11.2 Å². The topological polar surface area (TPSA) is 79.4 Å². The number of aliphatic hydroxyl groups is 2. The Labute approximate surface area is 180 Å². The molecule has 5 heteroatoms. The summed E-state index contributed by atoms with van der Waals surface area (Å²) in [7, 11) is 0. The zero-order valence-corrected chi connectivity index (χ0v) is 16.8. The van der Waals surface area contributed by atoms with Crippen molar-refractivity contribution in [3.8, 4) is 0 Å². The maximum atomic E-state index is 11.1. The molecule has 0 spiro atoms. The molecule has 1 heterocycles. The Morgan fingerprint density at radius 2 is 1.06 bits per heavy atom. The molecule has 154 valence electrons. The lowest BCUT2D eigenvalue weighted by Crippen LogP contribution is -2.25. The van der Waals surface area contributed by atoms with Crippen LogP contribution in [0.15, 0.2) is 102 Å². The predicted molar refractivity (Wildman–Crippen MR) is 118 cm³/mol. The van der Waals surface area contributed by atoms with Gasteiger partial charge in [0, 0.05) is 12.8 Å². The van der Waals surface area contributed by atoms with E-state index in [1.165, 1.54) is 0 Å². The third-order valence-corrected chi connectivity index (χ3v) is 5.72. The highest BCUT2D eigenvalue weighted by molar-refractivity contribution is 5.76. The van der Waals surface area contributed by atoms with Crippen LogP contribution in [0.2, 0.25) is 0 Å². The van der Waals surface area contributed by atoms with E-state index < -0.39 is 11.2 Å². The van der Waals surface area contributed by atoms with Gasteiger partial charge in [-0.1, -0.05) is 85.0 Å². The van der Waals surface area contributed by atoms with Crippen molar-refractivity contribution < 1.29 is 14.6 Å². The second kappa shape index (κ2) is 7.61. The van der Waals surface area contributed by atoms with Gasteiger partial charge in [-0.3, -0.25) is 0 Å². The van der Waals surface area contributed by atoms with E-state index in [0.29, 0.717) is 12.8 Å². The van der Waals surface area contributed by atoms with Gasteiger partial charge < -0.3 is 14.6 Å². The number of hydrogen-bond acceptors (Lipinski definition) is 5. The molecule has 2 aliphatic carbocycles. The fraction of sp³-hybridized carbons (Fsp3) is 0.154. The number of allylic oxidation sites excluding steroid dienone is 4. The Morgan fingerprint density at radius 3 is 1.42 bits per heavy atom. The van der Waals surface area contributed by atoms with Crippen LogP contribution in [0.25, 0.3) is 11.1 Å². The highest BCUT2D eigenvalue weighted by Gasteiger charge is 2.38. The molecule has 3 aromatic rings. The lowest BCUT2D eigenvalue weighted by molar-refractivity contribution is 0.0366. The average Bonchev–Trinajstić information content (AvgIpc) is 3.34. The standard InChI is InChI=1S/C26H22N2O3/c29-25(15-11-21(12-16-25)19-7-3-1-4-8-19)23-27-28-24(31-23)26(30)17-13-22(14-18-26)20-9-5-2-6-10-20/h1-15,17,29-30H,16,18H2. The average molecular weight is 410 g/mol. The van der Waals surface area contributed by atoms with E-state index in [9.17, 15) is 10.2 Å². The fourth-order valence-electron chi connectivity index (χ4n) is 3.84. The molecule has 2 unspecified atom stereocenters. The van der Waals surface area contributed by atoms with Gasteiger partial charge in [-0.15, -0.1) is 10.2 Å². The number of hydrogen-bond donors (Lipinski definition) is 2. The van der Waals surface area contributed by atoms with Crippen molar-refractivity contribution in [1.29, 1.82) is 0 Å². The van der Waals surface area contributed by atoms with Gasteiger partial charge in [0.25, 0.3) is 11.8 Å². The molecule has 0 amide bonds. The second-order valence-electron chi connectivity index (χ2n) is 7.89. The van der Waals surface area contributed by atoms with Crippen molar-refractivity contribution in [3.05, 3.63) is 120 Å². The van der Waals surface area contributed by atoms with Crippen molar-refractivity contribution >= 4 is 11.1 Å². The molecule has 31 heavy (non-hydrogen) atoms. The third-order valence-electron chi connectivity index (χ3n) is 5.72. The summed E-state index contributed by atoms with van der Waals surface area (Å²) in [5, 5.41) is 30.2. The number of benzene rings is 2. The number of rotatable bonds is 4. The molecule has 2 aromatic carbocycles. The molecule has 2 atom stereocenters. The molecule has 0 fully saturated rings. The molecule has 0 radical (unpaired) electrons. The van der Waals surface area contributed by atoms with E-state index in [1.807, 2.05) is 85.0 Å². The van der Waals surface area contributed by atoms with E-state index in [1.54, 1.807) is 12.2 Å². The fourth-order valence-corrected chi connectivity index (χ4v) is 3.84. The molecule has 2 aliphatic rings. The summed E-state index contributed by atoms with van der Waals surface area (Å²) in [6, 6.07) is 19.9. The van der Waals surface area contributed by atoms with E-state index in [4.69, 9.17) is 4.42 Å². The van der Waals surface area contributed by atoms with Crippen LogP contribution in [-0.4, -0.2) is 20.4 Å². The van der Waals surface area contributed by atoms with Crippen LogP contribution in [0.3, 0.4) is 0 Å². The Bertz CT molecular complexity index is 1110. The van der Waals surface area contributed by atoms with E-state index in [-0.39, 0.29) is 11.8 Å². The van der Waals surface area contributed by atoms with E-state index >= 15 is 0 Å². The van der Waals surface area contributed by atoms with Gasteiger partial charge in [-0.2, -0.15) is 0 Å². The molecule has 1 aromatic heterocycles. The van der Waals surface area contributed by atoms with Crippen molar-refractivity contribution in [1.82, 2.24) is 10.2 Å². The van der Waals surface area contributed by atoms with Gasteiger partial charge in [0.05, 0.1) is 0 Å². The Kier molecular flexibility index (Phi) is 4.77. The summed E-state index contributed by atoms with van der Waals surface area (Å²) in [6.45, 7) is 0. The molecular formula is C26H22N2O3. The van der Waals surface area contributed by atoms with Gasteiger partial charge in [0.1, 0.15) is 0 Å². The molecule has 5 nitrogen and oxygen atoms in total. The minimum atomic E-state index is -1.40. The maximum absolute atomic E-state index is 11.1. The number of nitrogens with zero attached hydrogens (tertiary/aromatic N) is 2. The summed E-state index contributed by atoms with van der Waals surface area (Å²) in [5.41, 5.74) is 1.41. The summed E-state index contributed by atoms with van der Waals surface area (Å²) in [6.07, 6.45) is 11.6. The monoisotopic (exact) mass is 410 g/mol. The van der Waals surface area contributed by atoms with Crippen molar-refractivity contribution in [2.45, 2.75) is 24.0 Å². The van der Waals surface area contributed by atoms with Crippen LogP contribution in [0, 0.1) is 0 Å². The quantitative estimate of drug-likeness (QED) is 0.661. The van der Waals surface area contributed by atoms with Gasteiger partial charge in [-0.05, 0) is 34.4 Å². The van der Waals surface area contributed by atoms with E-state index in [2.05, 4.69) is 10.2 Å². The summed E-state index contributed by atoms with van der Waals surface area (Å²) >= 11 is 0. The SMILES string of the molecule is OC1(c2nnc(C3(O)C=CC(c4ccccc4)=CC3)o2)C=CC(c2ccccc2)=CC1. The van der Waals surface area contributed by atoms with Crippen LogP contribution in [0.5, 0.6) is 0 Å². The Balaban J connectivity index is 1.34. The van der Waals surface area contributed by atoms with Crippen LogP contribution in [-0.2, 0) is 11.2 Å². The first kappa shape index (κ1) is 19.4. The molecule has 2 N–H and O–H groups in total. The molecule has 5 rings (SSSR count). The minimum absolute atomic E-state index is 0.0711. The van der Waals surface area contributed by atoms with Crippen LogP contribution in [0.4, 0.5) is 0 Å². The number of aromatic nitrogens is 2. The first-order chi connectivity index (χ1) is 15.1. The summed E-state index contributed by atoms with van der Waals surface area (Å²) in [4.78, 5) is 0. The normalized spacial score (nSPS) is 25.2. The lowest BCUT2D eigenvalue weighted by atomic mass is 9.89. The van der Waals surface area contributed by atoms with Crippen molar-refractivity contribution in [2.75, 3.05) is 0 Å². The highest BCUT2D eigenvalue weighted by Crippen LogP contribution is 2.37. The maximum Gasteiger partial charge on any atom is 0.252 e. The van der Waals surface area contributed by atoms with Gasteiger partial charge in [-0.25, -0.2) is 0 Å². The van der Waals surface area contributed by atoms with Gasteiger partial charge in [0.2, 0.25) is 0 Å². The largest absolute Gasteiger partial charge is 0.418 e.